The summed E-state index contributed by atoms with van der Waals surface area (Å²) in [5, 5.41) is 0. The summed E-state index contributed by atoms with van der Waals surface area (Å²) in [7, 11) is 5.61. The van der Waals surface area contributed by atoms with Gasteiger partial charge in [0, 0.05) is 32.7 Å². The maximum Gasteiger partial charge on any atom is 0.130 e. The first-order valence-electron chi connectivity index (χ1n) is 8.69. The van der Waals surface area contributed by atoms with Gasteiger partial charge in [0.25, 0.3) is 0 Å². The summed E-state index contributed by atoms with van der Waals surface area (Å²) in [6.07, 6.45) is 0. The number of ether oxygens (including phenoxy) is 2. The predicted octanol–water partition coefficient (Wildman–Crippen LogP) is 3.30. The lowest BCUT2D eigenvalue weighted by molar-refractivity contribution is 0.148. The van der Waals surface area contributed by atoms with Gasteiger partial charge in [-0.1, -0.05) is 24.3 Å². The fourth-order valence-electron chi connectivity index (χ4n) is 3.28. The molecule has 2 aromatic carbocycles. The van der Waals surface area contributed by atoms with Crippen LogP contribution in [0.5, 0.6) is 11.5 Å². The molecule has 0 bridgehead atoms. The number of piperazine rings is 1. The zero-order valence-electron chi connectivity index (χ0n) is 15.4. The highest BCUT2D eigenvalue weighted by Gasteiger charge is 2.18. The molecule has 1 radical (unpaired) electrons. The molecule has 1 aliphatic rings. The number of hydrogen-bond acceptors (Lipinski definition) is 4. The molecular formula is C21H27N2O2. The Morgan fingerprint density at radius 3 is 2.00 bits per heavy atom. The van der Waals surface area contributed by atoms with Gasteiger partial charge >= 0.3 is 0 Å². The molecule has 4 nitrogen and oxygen atoms in total. The molecular weight excluding hydrogens is 312 g/mol. The first-order valence-corrected chi connectivity index (χ1v) is 8.69. The smallest absolute Gasteiger partial charge is 0.130 e. The van der Waals surface area contributed by atoms with Gasteiger partial charge in [-0.25, -0.2) is 0 Å². The molecule has 25 heavy (non-hydrogen) atoms. The molecule has 133 valence electrons. The Balaban J connectivity index is 1.91. The van der Waals surface area contributed by atoms with Crippen LogP contribution < -0.4 is 9.47 Å². The number of hydrogen-bond donors (Lipinski definition) is 0. The van der Waals surface area contributed by atoms with Crippen molar-refractivity contribution >= 4 is 0 Å². The maximum atomic E-state index is 5.70. The summed E-state index contributed by atoms with van der Waals surface area (Å²) in [6.45, 7) is 9.28. The largest absolute Gasteiger partial charge is 0.496 e. The Kier molecular flexibility index (Phi) is 5.61. The van der Waals surface area contributed by atoms with E-state index in [1.165, 1.54) is 5.56 Å². The fourth-order valence-corrected chi connectivity index (χ4v) is 3.28. The fraction of sp³-hybridized carbons (Fsp3) is 0.381. The van der Waals surface area contributed by atoms with E-state index < -0.39 is 0 Å². The normalized spacial score (nSPS) is 16.0. The third kappa shape index (κ3) is 4.14. The highest BCUT2D eigenvalue weighted by Crippen LogP contribution is 2.40. The van der Waals surface area contributed by atoms with Crippen LogP contribution >= 0.6 is 0 Å². The molecule has 0 unspecified atom stereocenters. The second kappa shape index (κ2) is 7.89. The zero-order chi connectivity index (χ0) is 17.8. The van der Waals surface area contributed by atoms with Crippen molar-refractivity contribution in [1.29, 1.82) is 0 Å². The van der Waals surface area contributed by atoms with Gasteiger partial charge in [-0.05, 0) is 42.8 Å². The van der Waals surface area contributed by atoms with Crippen LogP contribution in [0.25, 0.3) is 11.1 Å². The van der Waals surface area contributed by atoms with E-state index in [0.717, 1.165) is 60.9 Å². The molecule has 0 saturated carbocycles. The molecule has 1 heterocycles. The van der Waals surface area contributed by atoms with Crippen LogP contribution in [-0.4, -0.2) is 57.2 Å². The predicted molar refractivity (Wildman–Crippen MR) is 102 cm³/mol. The van der Waals surface area contributed by atoms with Crippen molar-refractivity contribution in [3.8, 4) is 22.6 Å². The number of nitrogens with zero attached hydrogens (tertiary/aromatic N) is 2. The molecule has 1 saturated heterocycles. The topological polar surface area (TPSA) is 24.9 Å². The van der Waals surface area contributed by atoms with E-state index in [4.69, 9.17) is 9.47 Å². The average molecular weight is 339 g/mol. The van der Waals surface area contributed by atoms with Crippen molar-refractivity contribution in [1.82, 2.24) is 9.80 Å². The van der Waals surface area contributed by atoms with Crippen LogP contribution in [0.3, 0.4) is 0 Å². The molecule has 0 amide bonds. The van der Waals surface area contributed by atoms with Crippen molar-refractivity contribution in [2.75, 3.05) is 47.4 Å². The standard InChI is InChI=1S/C21H27N2O2/c1-16-5-7-18(8-6-16)21-19(24-3)13-17(14-20(21)25-4)15-23-11-9-22(2)10-12-23/h5-8,13-14H,1,9-12,15H2,2-4H3. The van der Waals surface area contributed by atoms with Gasteiger partial charge in [0.05, 0.1) is 19.8 Å². The van der Waals surface area contributed by atoms with Gasteiger partial charge in [0.1, 0.15) is 11.5 Å². The zero-order valence-corrected chi connectivity index (χ0v) is 15.4. The molecule has 3 rings (SSSR count). The second-order valence-corrected chi connectivity index (χ2v) is 6.65. The Labute approximate surface area is 151 Å². The lowest BCUT2D eigenvalue weighted by atomic mass is 9.99. The van der Waals surface area contributed by atoms with E-state index in [1.54, 1.807) is 14.2 Å². The summed E-state index contributed by atoms with van der Waals surface area (Å²) < 4.78 is 11.4. The number of likely N-dealkylation sites (N-methyl/N-ethyl adjacent to an activating group) is 1. The van der Waals surface area contributed by atoms with Gasteiger partial charge in [-0.3, -0.25) is 4.90 Å². The van der Waals surface area contributed by atoms with Gasteiger partial charge in [0.15, 0.2) is 0 Å². The first-order chi connectivity index (χ1) is 12.1. The Morgan fingerprint density at radius 2 is 1.48 bits per heavy atom. The van der Waals surface area contributed by atoms with Crippen LogP contribution in [0.1, 0.15) is 11.1 Å². The minimum absolute atomic E-state index is 0.847. The molecule has 0 N–H and O–H groups in total. The quantitative estimate of drug-likeness (QED) is 0.834. The molecule has 0 spiro atoms. The van der Waals surface area contributed by atoms with Crippen molar-refractivity contribution in [2.45, 2.75) is 6.54 Å². The van der Waals surface area contributed by atoms with E-state index in [1.807, 2.05) is 12.1 Å². The molecule has 0 aliphatic carbocycles. The lowest BCUT2D eigenvalue weighted by Crippen LogP contribution is -2.43. The highest BCUT2D eigenvalue weighted by molar-refractivity contribution is 5.77. The van der Waals surface area contributed by atoms with Crippen molar-refractivity contribution in [3.05, 3.63) is 54.4 Å². The van der Waals surface area contributed by atoms with Crippen molar-refractivity contribution in [2.24, 2.45) is 0 Å². The van der Waals surface area contributed by atoms with E-state index in [0.29, 0.717) is 0 Å². The maximum absolute atomic E-state index is 5.70. The number of rotatable bonds is 5. The molecule has 2 aromatic rings. The molecule has 0 aromatic heterocycles. The first kappa shape index (κ1) is 17.8. The van der Waals surface area contributed by atoms with Crippen LogP contribution in [-0.2, 0) is 6.54 Å². The molecule has 1 aliphatic heterocycles. The summed E-state index contributed by atoms with van der Waals surface area (Å²) >= 11 is 0. The molecule has 4 heteroatoms. The lowest BCUT2D eigenvalue weighted by Gasteiger charge is -2.32. The Hall–Kier alpha value is -2.04. The van der Waals surface area contributed by atoms with E-state index >= 15 is 0 Å². The van der Waals surface area contributed by atoms with Crippen LogP contribution in [0.2, 0.25) is 0 Å². The minimum Gasteiger partial charge on any atom is -0.496 e. The van der Waals surface area contributed by atoms with Gasteiger partial charge in [-0.15, -0.1) is 0 Å². The SMILES string of the molecule is [CH2]c1ccc(-c2c(OC)cc(CN3CCN(C)CC3)cc2OC)cc1. The Morgan fingerprint density at radius 1 is 0.920 bits per heavy atom. The second-order valence-electron chi connectivity index (χ2n) is 6.65. The van der Waals surface area contributed by atoms with Gasteiger partial charge in [-0.2, -0.15) is 0 Å². The monoisotopic (exact) mass is 339 g/mol. The summed E-state index contributed by atoms with van der Waals surface area (Å²) in [5.41, 5.74) is 4.28. The third-order valence-corrected chi connectivity index (χ3v) is 4.81. The van der Waals surface area contributed by atoms with Crippen molar-refractivity contribution in [3.63, 3.8) is 0 Å². The Bertz CT molecular complexity index is 679. The summed E-state index contributed by atoms with van der Waals surface area (Å²) in [4.78, 5) is 4.85. The average Bonchev–Trinajstić information content (AvgIpc) is 2.63. The van der Waals surface area contributed by atoms with Gasteiger partial charge in [0.2, 0.25) is 0 Å². The summed E-state index contributed by atoms with van der Waals surface area (Å²) in [6, 6.07) is 12.4. The number of benzene rings is 2. The molecule has 1 fully saturated rings. The van der Waals surface area contributed by atoms with E-state index in [-0.39, 0.29) is 0 Å². The van der Waals surface area contributed by atoms with E-state index in [2.05, 4.69) is 48.0 Å². The van der Waals surface area contributed by atoms with Crippen LogP contribution in [0, 0.1) is 6.92 Å². The van der Waals surface area contributed by atoms with Crippen LogP contribution in [0.15, 0.2) is 36.4 Å². The van der Waals surface area contributed by atoms with Gasteiger partial charge < -0.3 is 14.4 Å². The third-order valence-electron chi connectivity index (χ3n) is 4.81. The van der Waals surface area contributed by atoms with Crippen molar-refractivity contribution < 1.29 is 9.47 Å². The summed E-state index contributed by atoms with van der Waals surface area (Å²) in [5.74, 6) is 1.69. The highest BCUT2D eigenvalue weighted by atomic mass is 16.5. The minimum atomic E-state index is 0.847. The number of methoxy groups -OCH3 is 2. The molecule has 0 atom stereocenters. The van der Waals surface area contributed by atoms with Crippen LogP contribution in [0.4, 0.5) is 0 Å². The van der Waals surface area contributed by atoms with E-state index in [9.17, 15) is 0 Å².